The van der Waals surface area contributed by atoms with Crippen molar-refractivity contribution in [1.29, 1.82) is 0 Å². The predicted molar refractivity (Wildman–Crippen MR) is 89.7 cm³/mol. The average molecular weight is 302 g/mol. The molecule has 0 aliphatic heterocycles. The van der Waals surface area contributed by atoms with Gasteiger partial charge in [0.1, 0.15) is 0 Å². The highest BCUT2D eigenvalue weighted by Crippen LogP contribution is 2.28. The van der Waals surface area contributed by atoms with Gasteiger partial charge in [0, 0.05) is 30.2 Å². The summed E-state index contributed by atoms with van der Waals surface area (Å²) in [5, 5.41) is 4.65. The number of nitrogens with one attached hydrogen (secondary N) is 1. The number of thioether (sulfide) groups is 1. The topological polar surface area (TPSA) is 28.2 Å². The van der Waals surface area contributed by atoms with Gasteiger partial charge in [0.05, 0.1) is 0 Å². The molecule has 2 unspecified atom stereocenters. The molecular weight excluding hydrogens is 274 g/mol. The molecule has 0 saturated heterocycles. The summed E-state index contributed by atoms with van der Waals surface area (Å²) in [6.07, 6.45) is 6.55. The van der Waals surface area contributed by atoms with Crippen molar-refractivity contribution in [2.75, 3.05) is 30.5 Å². The van der Waals surface area contributed by atoms with Crippen LogP contribution >= 0.6 is 23.1 Å². The Morgan fingerprint density at radius 3 is 2.84 bits per heavy atom. The maximum Gasteiger partial charge on any atom is 0.185 e. The standard InChI is InChI=1S/C14H27N3S2/c1-6-8-15-12(3)13-10-16-14(19-13)17(4)11(2)7-9-18-5/h10-12,15H,6-9H2,1-5H3. The Kier molecular flexibility index (Phi) is 7.80. The van der Waals surface area contributed by atoms with Crippen LogP contribution in [0.15, 0.2) is 6.20 Å². The molecule has 1 aromatic rings. The monoisotopic (exact) mass is 301 g/mol. The maximum absolute atomic E-state index is 4.57. The van der Waals surface area contributed by atoms with E-state index in [9.17, 15) is 0 Å². The van der Waals surface area contributed by atoms with E-state index in [1.165, 1.54) is 23.5 Å². The predicted octanol–water partition coefficient (Wildman–Crippen LogP) is 3.78. The van der Waals surface area contributed by atoms with Gasteiger partial charge in [-0.15, -0.1) is 11.3 Å². The second kappa shape index (κ2) is 8.82. The lowest BCUT2D eigenvalue weighted by Crippen LogP contribution is -2.29. The fourth-order valence-electron chi connectivity index (χ4n) is 1.77. The van der Waals surface area contributed by atoms with Gasteiger partial charge in [0.25, 0.3) is 0 Å². The fourth-order valence-corrected chi connectivity index (χ4v) is 3.35. The molecule has 0 radical (unpaired) electrons. The molecule has 19 heavy (non-hydrogen) atoms. The molecule has 1 aromatic heterocycles. The van der Waals surface area contributed by atoms with Crippen molar-refractivity contribution in [2.24, 2.45) is 0 Å². The minimum absolute atomic E-state index is 0.404. The molecule has 5 heteroatoms. The number of aromatic nitrogens is 1. The molecule has 0 spiro atoms. The third kappa shape index (κ3) is 5.32. The summed E-state index contributed by atoms with van der Waals surface area (Å²) >= 11 is 3.71. The van der Waals surface area contributed by atoms with E-state index in [1.54, 1.807) is 11.3 Å². The van der Waals surface area contributed by atoms with Crippen molar-refractivity contribution in [3.63, 3.8) is 0 Å². The van der Waals surface area contributed by atoms with Crippen molar-refractivity contribution in [2.45, 2.75) is 45.7 Å². The van der Waals surface area contributed by atoms with E-state index in [0.717, 1.165) is 11.7 Å². The van der Waals surface area contributed by atoms with Crippen LogP contribution in [0.25, 0.3) is 0 Å². The first-order chi connectivity index (χ1) is 9.10. The lowest BCUT2D eigenvalue weighted by Gasteiger charge is -2.24. The van der Waals surface area contributed by atoms with Crippen LogP contribution in [0.4, 0.5) is 5.13 Å². The summed E-state index contributed by atoms with van der Waals surface area (Å²) in [5.74, 6) is 1.21. The normalized spacial score (nSPS) is 14.4. The number of hydrogen-bond donors (Lipinski definition) is 1. The van der Waals surface area contributed by atoms with Crippen molar-refractivity contribution in [1.82, 2.24) is 10.3 Å². The molecule has 3 nitrogen and oxygen atoms in total. The highest BCUT2D eigenvalue weighted by Gasteiger charge is 2.15. The van der Waals surface area contributed by atoms with Gasteiger partial charge in [-0.1, -0.05) is 6.92 Å². The summed E-state index contributed by atoms with van der Waals surface area (Å²) in [4.78, 5) is 8.20. The van der Waals surface area contributed by atoms with Crippen molar-refractivity contribution < 1.29 is 0 Å². The molecule has 110 valence electrons. The smallest absolute Gasteiger partial charge is 0.185 e. The summed E-state index contributed by atoms with van der Waals surface area (Å²) in [5.41, 5.74) is 0. The van der Waals surface area contributed by atoms with Crippen LogP contribution in [-0.2, 0) is 0 Å². The maximum atomic E-state index is 4.57. The number of thiazole rings is 1. The Labute approximate surface area is 126 Å². The molecule has 0 aromatic carbocycles. The molecular formula is C14H27N3S2. The Bertz CT molecular complexity index is 354. The van der Waals surface area contributed by atoms with E-state index in [2.05, 4.69) is 49.3 Å². The van der Waals surface area contributed by atoms with E-state index >= 15 is 0 Å². The molecule has 0 amide bonds. The fraction of sp³-hybridized carbons (Fsp3) is 0.786. The van der Waals surface area contributed by atoms with E-state index in [1.807, 2.05) is 18.0 Å². The van der Waals surface area contributed by atoms with Crippen molar-refractivity contribution in [3.05, 3.63) is 11.1 Å². The Morgan fingerprint density at radius 2 is 2.21 bits per heavy atom. The average Bonchev–Trinajstić information content (AvgIpc) is 2.90. The minimum atomic E-state index is 0.404. The third-order valence-corrected chi connectivity index (χ3v) is 5.26. The highest BCUT2D eigenvalue weighted by molar-refractivity contribution is 7.98. The number of rotatable bonds is 9. The van der Waals surface area contributed by atoms with E-state index in [0.29, 0.717) is 12.1 Å². The molecule has 1 N–H and O–H groups in total. The van der Waals surface area contributed by atoms with Crippen molar-refractivity contribution in [3.8, 4) is 0 Å². The van der Waals surface area contributed by atoms with Crippen LogP contribution in [0.2, 0.25) is 0 Å². The van der Waals surface area contributed by atoms with Gasteiger partial charge in [-0.3, -0.25) is 0 Å². The van der Waals surface area contributed by atoms with E-state index < -0.39 is 0 Å². The lowest BCUT2D eigenvalue weighted by atomic mass is 10.2. The first kappa shape index (κ1) is 16.8. The number of hydrogen-bond acceptors (Lipinski definition) is 5. The molecule has 0 aliphatic carbocycles. The molecule has 0 bridgehead atoms. The number of anilines is 1. The molecule has 0 aliphatic rings. The van der Waals surface area contributed by atoms with E-state index in [4.69, 9.17) is 0 Å². The zero-order valence-corrected chi connectivity index (χ0v) is 14.4. The van der Waals surface area contributed by atoms with Gasteiger partial charge in [-0.25, -0.2) is 4.98 Å². The van der Waals surface area contributed by atoms with Crippen LogP contribution in [-0.4, -0.2) is 36.6 Å². The molecule has 0 saturated carbocycles. The summed E-state index contributed by atoms with van der Waals surface area (Å²) < 4.78 is 0. The quantitative estimate of drug-likeness (QED) is 0.751. The molecule has 2 atom stereocenters. The van der Waals surface area contributed by atoms with Crippen LogP contribution in [0.1, 0.15) is 44.5 Å². The highest BCUT2D eigenvalue weighted by atomic mass is 32.2. The molecule has 1 heterocycles. The van der Waals surface area contributed by atoms with Crippen molar-refractivity contribution >= 4 is 28.2 Å². The zero-order valence-electron chi connectivity index (χ0n) is 12.8. The Morgan fingerprint density at radius 1 is 1.47 bits per heavy atom. The summed E-state index contributed by atoms with van der Waals surface area (Å²) in [6, 6.07) is 0.950. The second-order valence-corrected chi connectivity index (χ2v) is 6.99. The SMILES string of the molecule is CCCNC(C)c1cnc(N(C)C(C)CCSC)s1. The zero-order chi connectivity index (χ0) is 14.3. The van der Waals surface area contributed by atoms with E-state index in [-0.39, 0.29) is 0 Å². The first-order valence-corrected chi connectivity index (χ1v) is 9.22. The summed E-state index contributed by atoms with van der Waals surface area (Å²) in [7, 11) is 2.15. The van der Waals surface area contributed by atoms with Crippen LogP contribution < -0.4 is 10.2 Å². The van der Waals surface area contributed by atoms with Crippen LogP contribution in [0.3, 0.4) is 0 Å². The van der Waals surface area contributed by atoms with Gasteiger partial charge in [0.2, 0.25) is 0 Å². The van der Waals surface area contributed by atoms with Gasteiger partial charge in [-0.05, 0) is 45.2 Å². The largest absolute Gasteiger partial charge is 0.348 e. The second-order valence-electron chi connectivity index (χ2n) is 4.96. The minimum Gasteiger partial charge on any atom is -0.348 e. The van der Waals surface area contributed by atoms with Crippen LogP contribution in [0, 0.1) is 0 Å². The Balaban J connectivity index is 2.57. The number of nitrogens with zero attached hydrogens (tertiary/aromatic N) is 2. The van der Waals surface area contributed by atoms with Gasteiger partial charge >= 0.3 is 0 Å². The van der Waals surface area contributed by atoms with Gasteiger partial charge < -0.3 is 10.2 Å². The summed E-state index contributed by atoms with van der Waals surface area (Å²) in [6.45, 7) is 7.74. The molecule has 1 rings (SSSR count). The third-order valence-electron chi connectivity index (χ3n) is 3.34. The Hall–Kier alpha value is -0.260. The van der Waals surface area contributed by atoms with Gasteiger partial charge in [0.15, 0.2) is 5.13 Å². The molecule has 0 fully saturated rings. The lowest BCUT2D eigenvalue weighted by molar-refractivity contribution is 0.577. The van der Waals surface area contributed by atoms with Gasteiger partial charge in [-0.2, -0.15) is 11.8 Å². The van der Waals surface area contributed by atoms with Crippen LogP contribution in [0.5, 0.6) is 0 Å². The first-order valence-electron chi connectivity index (χ1n) is 7.01.